The summed E-state index contributed by atoms with van der Waals surface area (Å²) in [6.07, 6.45) is 1.18. The van der Waals surface area contributed by atoms with Gasteiger partial charge in [0.15, 0.2) is 0 Å². The quantitative estimate of drug-likeness (QED) is 0.438. The number of hydrogen-bond acceptors (Lipinski definition) is 6. The molecule has 0 unspecified atom stereocenters. The molecule has 0 atom stereocenters. The van der Waals surface area contributed by atoms with Crippen LogP contribution in [-0.4, -0.2) is 37.3 Å². The Hall–Kier alpha value is -1.28. The number of benzene rings is 1. The molecule has 0 aromatic heterocycles. The number of nitro groups is 1. The van der Waals surface area contributed by atoms with Crippen molar-refractivity contribution in [2.24, 2.45) is 0 Å². The fourth-order valence-corrected chi connectivity index (χ4v) is 4.62. The molecule has 0 bridgehead atoms. The van der Waals surface area contributed by atoms with E-state index >= 15 is 0 Å². The molecule has 0 aliphatic rings. The molecular formula is C11H19N2O6PS. The molecule has 0 fully saturated rings. The number of rotatable bonds is 7. The van der Waals surface area contributed by atoms with Crippen LogP contribution < -0.4 is 10.0 Å². The van der Waals surface area contributed by atoms with E-state index in [2.05, 4.69) is 4.72 Å². The SMILES string of the molecule is CCO[PH](O)(CC)c1cc(NS(C)(=O)=O)ccc1[N+](=O)[O-]. The van der Waals surface area contributed by atoms with Gasteiger partial charge in [-0.05, 0) is 0 Å². The molecule has 0 aliphatic carbocycles. The Bertz CT molecular complexity index is 636. The molecule has 0 radical (unpaired) electrons. The van der Waals surface area contributed by atoms with Crippen molar-refractivity contribution in [2.75, 3.05) is 23.7 Å². The van der Waals surface area contributed by atoms with E-state index in [1.165, 1.54) is 12.1 Å². The molecule has 1 aromatic carbocycles. The summed E-state index contributed by atoms with van der Waals surface area (Å²) in [5, 5.41) is 11.2. The predicted molar refractivity (Wildman–Crippen MR) is 83.9 cm³/mol. The van der Waals surface area contributed by atoms with Gasteiger partial charge in [-0.1, -0.05) is 0 Å². The predicted octanol–water partition coefficient (Wildman–Crippen LogP) is 1.22. The van der Waals surface area contributed by atoms with Crippen LogP contribution in [0.5, 0.6) is 0 Å². The molecule has 8 nitrogen and oxygen atoms in total. The molecule has 0 amide bonds. The van der Waals surface area contributed by atoms with Crippen molar-refractivity contribution in [1.29, 1.82) is 0 Å². The first-order valence-electron chi connectivity index (χ1n) is 6.26. The first-order valence-corrected chi connectivity index (χ1v) is 10.2. The van der Waals surface area contributed by atoms with Crippen molar-refractivity contribution >= 4 is 34.4 Å². The van der Waals surface area contributed by atoms with E-state index < -0.39 is 22.7 Å². The third kappa shape index (κ3) is 4.60. The number of anilines is 1. The van der Waals surface area contributed by atoms with Crippen molar-refractivity contribution in [1.82, 2.24) is 0 Å². The van der Waals surface area contributed by atoms with E-state index in [4.69, 9.17) is 4.52 Å². The van der Waals surface area contributed by atoms with Gasteiger partial charge in [0.1, 0.15) is 0 Å². The summed E-state index contributed by atoms with van der Waals surface area (Å²) in [6, 6.07) is 3.71. The molecule has 1 aromatic rings. The standard InChI is InChI=1S/C11H19N2O6PS/c1-4-19-20(16,5-2)11-8-9(12-21(3,17)18)6-7-10(11)13(14)15/h6-8,12,16,20H,4-5H2,1-3H3. The molecule has 0 aliphatic heterocycles. The fraction of sp³-hybridized carbons (Fsp3) is 0.455. The number of nitrogens with zero attached hydrogens (tertiary/aromatic N) is 1. The van der Waals surface area contributed by atoms with Crippen LogP contribution in [-0.2, 0) is 14.5 Å². The van der Waals surface area contributed by atoms with Crippen LogP contribution in [0.1, 0.15) is 13.8 Å². The zero-order chi connectivity index (χ0) is 16.3. The molecule has 0 saturated heterocycles. The van der Waals surface area contributed by atoms with Gasteiger partial charge in [0.25, 0.3) is 0 Å². The third-order valence-corrected chi connectivity index (χ3v) is 6.35. The van der Waals surface area contributed by atoms with Crippen molar-refractivity contribution < 1.29 is 22.8 Å². The first kappa shape index (κ1) is 17.8. The van der Waals surface area contributed by atoms with Crippen molar-refractivity contribution in [3.63, 3.8) is 0 Å². The van der Waals surface area contributed by atoms with Crippen LogP contribution in [0.3, 0.4) is 0 Å². The molecule has 0 heterocycles. The maximum absolute atomic E-state index is 11.2. The van der Waals surface area contributed by atoms with E-state index in [0.717, 1.165) is 12.3 Å². The Labute approximate surface area is 123 Å². The molecule has 0 saturated carbocycles. The molecule has 120 valence electrons. The Morgan fingerprint density at radius 3 is 2.48 bits per heavy atom. The number of hydrogen-bond donors (Lipinski definition) is 2. The second kappa shape index (κ2) is 6.65. The summed E-state index contributed by atoms with van der Waals surface area (Å²) >= 11 is 0. The molecule has 1 rings (SSSR count). The van der Waals surface area contributed by atoms with Crippen LogP contribution in [0, 0.1) is 10.1 Å². The monoisotopic (exact) mass is 338 g/mol. The van der Waals surface area contributed by atoms with Gasteiger partial charge in [-0.2, -0.15) is 0 Å². The fourth-order valence-electron chi connectivity index (χ4n) is 1.89. The third-order valence-electron chi connectivity index (χ3n) is 2.78. The Kier molecular flexibility index (Phi) is 5.63. The van der Waals surface area contributed by atoms with E-state index in [9.17, 15) is 23.4 Å². The average Bonchev–Trinajstić information content (AvgIpc) is 2.36. The second-order valence-electron chi connectivity index (χ2n) is 4.43. The zero-order valence-electron chi connectivity index (χ0n) is 12.0. The van der Waals surface area contributed by atoms with Crippen LogP contribution in [0.2, 0.25) is 0 Å². The number of nitrogens with one attached hydrogen (secondary N) is 1. The minimum absolute atomic E-state index is 0.0468. The van der Waals surface area contributed by atoms with E-state index in [1.54, 1.807) is 13.8 Å². The van der Waals surface area contributed by atoms with Gasteiger partial charge in [0, 0.05) is 0 Å². The molecule has 10 heteroatoms. The van der Waals surface area contributed by atoms with Crippen molar-refractivity contribution in [3.8, 4) is 0 Å². The van der Waals surface area contributed by atoms with Gasteiger partial charge >= 0.3 is 123 Å². The molecule has 0 spiro atoms. The summed E-state index contributed by atoms with van der Waals surface area (Å²) in [5.41, 5.74) is -0.129. The molecule has 21 heavy (non-hydrogen) atoms. The topological polar surface area (TPSA) is 119 Å². The summed E-state index contributed by atoms with van der Waals surface area (Å²) in [6.45, 7) is 3.55. The van der Waals surface area contributed by atoms with Crippen LogP contribution in [0.15, 0.2) is 18.2 Å². The van der Waals surface area contributed by atoms with Crippen LogP contribution in [0.4, 0.5) is 11.4 Å². The van der Waals surface area contributed by atoms with E-state index in [1.807, 2.05) is 0 Å². The van der Waals surface area contributed by atoms with E-state index in [0.29, 0.717) is 0 Å². The van der Waals surface area contributed by atoms with Crippen molar-refractivity contribution in [2.45, 2.75) is 13.8 Å². The van der Waals surface area contributed by atoms with Crippen molar-refractivity contribution in [3.05, 3.63) is 28.3 Å². The van der Waals surface area contributed by atoms with Gasteiger partial charge in [0.05, 0.1) is 0 Å². The van der Waals surface area contributed by atoms with E-state index in [-0.39, 0.29) is 29.4 Å². The minimum atomic E-state index is -3.52. The van der Waals surface area contributed by atoms with Gasteiger partial charge in [-0.15, -0.1) is 0 Å². The number of nitro benzene ring substituents is 1. The summed E-state index contributed by atoms with van der Waals surface area (Å²) in [5.74, 6) is 0. The summed E-state index contributed by atoms with van der Waals surface area (Å²) in [4.78, 5) is 21.1. The van der Waals surface area contributed by atoms with Crippen LogP contribution in [0.25, 0.3) is 0 Å². The Balaban J connectivity index is 3.43. The van der Waals surface area contributed by atoms with Gasteiger partial charge in [0.2, 0.25) is 0 Å². The average molecular weight is 338 g/mol. The van der Waals surface area contributed by atoms with Gasteiger partial charge in [-0.25, -0.2) is 0 Å². The molecule has 2 N–H and O–H groups in total. The second-order valence-corrected chi connectivity index (χ2v) is 9.29. The normalized spacial score (nSPS) is 13.0. The Morgan fingerprint density at radius 1 is 1.43 bits per heavy atom. The maximum atomic E-state index is 11.2. The van der Waals surface area contributed by atoms with Crippen LogP contribution >= 0.6 is 7.72 Å². The number of sulfonamides is 1. The molecular weight excluding hydrogens is 319 g/mol. The first-order chi connectivity index (χ1) is 9.63. The van der Waals surface area contributed by atoms with Gasteiger partial charge < -0.3 is 0 Å². The Morgan fingerprint density at radius 2 is 2.05 bits per heavy atom. The summed E-state index contributed by atoms with van der Waals surface area (Å²) in [7, 11) is -7.01. The zero-order valence-corrected chi connectivity index (χ0v) is 13.8. The summed E-state index contributed by atoms with van der Waals surface area (Å²) < 4.78 is 30.1. The van der Waals surface area contributed by atoms with Gasteiger partial charge in [-0.3, -0.25) is 0 Å².